The number of benzene rings is 3. The van der Waals surface area contributed by atoms with Gasteiger partial charge < -0.3 is 5.11 Å². The van der Waals surface area contributed by atoms with Crippen molar-refractivity contribution in [2.24, 2.45) is 0 Å². The van der Waals surface area contributed by atoms with Crippen molar-refractivity contribution in [3.8, 4) is 0 Å². The third-order valence-electron chi connectivity index (χ3n) is 4.08. The van der Waals surface area contributed by atoms with Crippen molar-refractivity contribution in [2.45, 2.75) is 0 Å². The summed E-state index contributed by atoms with van der Waals surface area (Å²) < 4.78 is 0. The van der Waals surface area contributed by atoms with Gasteiger partial charge in [0.05, 0.1) is 0 Å². The molecule has 0 fully saturated rings. The van der Waals surface area contributed by atoms with E-state index in [-0.39, 0.29) is 5.31 Å². The molecule has 0 heterocycles. The van der Waals surface area contributed by atoms with Crippen LogP contribution in [0.3, 0.4) is 0 Å². The first kappa shape index (κ1) is 16.2. The zero-order chi connectivity index (χ0) is 17.0. The van der Waals surface area contributed by atoms with Crippen molar-refractivity contribution < 1.29 is 9.90 Å². The zero-order valence-electron chi connectivity index (χ0n) is 13.2. The molecule has 3 aromatic rings. The van der Waals surface area contributed by atoms with Gasteiger partial charge in [-0.25, -0.2) is 4.79 Å². The minimum Gasteiger partial charge on any atom is -0.475 e. The van der Waals surface area contributed by atoms with E-state index in [9.17, 15) is 9.90 Å². The molecule has 2 nitrogen and oxygen atoms in total. The number of carboxylic acid groups (broad SMARTS) is 1. The van der Waals surface area contributed by atoms with Gasteiger partial charge in [0.2, 0.25) is 0 Å². The monoisotopic (exact) mass is 333 g/mol. The maximum Gasteiger partial charge on any atom is 0.371 e. The second-order valence-electron chi connectivity index (χ2n) is 5.43. The van der Waals surface area contributed by atoms with Crippen LogP contribution in [0, 0.1) is 0 Å². The molecule has 0 aliphatic heterocycles. The molecule has 24 heavy (non-hydrogen) atoms. The number of hydrogen-bond acceptors (Lipinski definition) is 1. The van der Waals surface area contributed by atoms with Crippen LogP contribution in [0.15, 0.2) is 103 Å². The smallest absolute Gasteiger partial charge is 0.371 e. The normalized spacial score (nSPS) is 11.0. The van der Waals surface area contributed by atoms with Gasteiger partial charge in [0.15, 0.2) is 12.6 Å². The van der Waals surface area contributed by atoms with Crippen LogP contribution in [0.1, 0.15) is 0 Å². The van der Waals surface area contributed by atoms with E-state index in [4.69, 9.17) is 0 Å². The Hall–Kier alpha value is -2.70. The Labute approximate surface area is 142 Å². The molecule has 0 bridgehead atoms. The van der Waals surface area contributed by atoms with Gasteiger partial charge >= 0.3 is 5.97 Å². The van der Waals surface area contributed by atoms with Crippen LogP contribution in [0.2, 0.25) is 0 Å². The fourth-order valence-electron chi connectivity index (χ4n) is 3.01. The van der Waals surface area contributed by atoms with Gasteiger partial charge in [-0.2, -0.15) is 0 Å². The van der Waals surface area contributed by atoms with Gasteiger partial charge in [-0.1, -0.05) is 54.6 Å². The first-order chi connectivity index (χ1) is 11.7. The molecule has 0 saturated carbocycles. The van der Waals surface area contributed by atoms with Crippen molar-refractivity contribution in [3.05, 3.63) is 103 Å². The highest BCUT2D eigenvalue weighted by Crippen LogP contribution is 2.61. The highest BCUT2D eigenvalue weighted by molar-refractivity contribution is 7.99. The molecule has 3 heteroatoms. The first-order valence-electron chi connectivity index (χ1n) is 7.66. The quantitative estimate of drug-likeness (QED) is 0.572. The molecule has 0 spiro atoms. The van der Waals surface area contributed by atoms with Crippen molar-refractivity contribution >= 4 is 29.1 Å². The lowest BCUT2D eigenvalue weighted by Crippen LogP contribution is -2.34. The van der Waals surface area contributed by atoms with E-state index in [0.29, 0.717) is 0 Å². The molecule has 0 aliphatic carbocycles. The van der Waals surface area contributed by atoms with E-state index in [1.54, 1.807) is 0 Å². The molecule has 3 aromatic carbocycles. The SMILES string of the molecule is C=C(C(=O)O)[P+](c1ccccc1)(c1ccccc1)c1ccccc1. The van der Waals surface area contributed by atoms with Crippen LogP contribution in [0.25, 0.3) is 0 Å². The molecule has 0 unspecified atom stereocenters. The lowest BCUT2D eigenvalue weighted by atomic mass is 10.4. The van der Waals surface area contributed by atoms with E-state index in [0.717, 1.165) is 15.9 Å². The van der Waals surface area contributed by atoms with Crippen molar-refractivity contribution in [3.63, 3.8) is 0 Å². The maximum atomic E-state index is 12.0. The van der Waals surface area contributed by atoms with Crippen molar-refractivity contribution in [1.29, 1.82) is 0 Å². The summed E-state index contributed by atoms with van der Waals surface area (Å²) >= 11 is 0. The van der Waals surface area contributed by atoms with E-state index in [1.165, 1.54) is 0 Å². The second-order valence-corrected chi connectivity index (χ2v) is 8.86. The molecule has 0 aliphatic rings. The Morgan fingerprint density at radius 3 is 1.21 bits per heavy atom. The summed E-state index contributed by atoms with van der Waals surface area (Å²) in [7, 11) is -2.49. The summed E-state index contributed by atoms with van der Waals surface area (Å²) in [6.07, 6.45) is 0. The van der Waals surface area contributed by atoms with E-state index < -0.39 is 13.2 Å². The van der Waals surface area contributed by atoms with Crippen molar-refractivity contribution in [1.82, 2.24) is 0 Å². The lowest BCUT2D eigenvalue weighted by Gasteiger charge is -2.26. The number of rotatable bonds is 5. The minimum absolute atomic E-state index is 0.242. The van der Waals surface area contributed by atoms with Crippen LogP contribution < -0.4 is 15.9 Å². The second kappa shape index (κ2) is 6.82. The fraction of sp³-hybridized carbons (Fsp3) is 0. The zero-order valence-corrected chi connectivity index (χ0v) is 14.1. The fourth-order valence-corrected chi connectivity index (χ4v) is 6.99. The largest absolute Gasteiger partial charge is 0.475 e. The van der Waals surface area contributed by atoms with Gasteiger partial charge in [0.25, 0.3) is 0 Å². The number of carboxylic acids is 1. The van der Waals surface area contributed by atoms with Gasteiger partial charge in [-0.15, -0.1) is 0 Å². The van der Waals surface area contributed by atoms with Crippen LogP contribution in [-0.2, 0) is 4.79 Å². The summed E-state index contributed by atoms with van der Waals surface area (Å²) in [5, 5.41) is 13.1. The van der Waals surface area contributed by atoms with Crippen LogP contribution in [0.4, 0.5) is 0 Å². The maximum absolute atomic E-state index is 12.0. The van der Waals surface area contributed by atoms with Crippen molar-refractivity contribution in [2.75, 3.05) is 0 Å². The van der Waals surface area contributed by atoms with Gasteiger partial charge in [-0.05, 0) is 43.0 Å². The molecule has 3 rings (SSSR count). The average Bonchev–Trinajstić information content (AvgIpc) is 2.65. The van der Waals surface area contributed by atoms with E-state index >= 15 is 0 Å². The predicted molar refractivity (Wildman–Crippen MR) is 102 cm³/mol. The molecule has 0 radical (unpaired) electrons. The number of hydrogen-bond donors (Lipinski definition) is 1. The summed E-state index contributed by atoms with van der Waals surface area (Å²) in [5.74, 6) is -0.958. The molecule has 1 N–H and O–H groups in total. The van der Waals surface area contributed by atoms with Crippen LogP contribution in [-0.4, -0.2) is 11.1 Å². The summed E-state index contributed by atoms with van der Waals surface area (Å²) in [5.41, 5.74) is 0. The van der Waals surface area contributed by atoms with Gasteiger partial charge in [-0.3, -0.25) is 0 Å². The molecule has 0 atom stereocenters. The molecule has 0 amide bonds. The van der Waals surface area contributed by atoms with E-state index in [1.807, 2.05) is 91.0 Å². The Morgan fingerprint density at radius 1 is 0.667 bits per heavy atom. The molecule has 0 aromatic heterocycles. The lowest BCUT2D eigenvalue weighted by molar-refractivity contribution is -0.131. The predicted octanol–water partition coefficient (Wildman–Crippen LogP) is 3.58. The minimum atomic E-state index is -2.49. The Morgan fingerprint density at radius 2 is 0.958 bits per heavy atom. The highest BCUT2D eigenvalue weighted by Gasteiger charge is 2.51. The molecule has 118 valence electrons. The first-order valence-corrected chi connectivity index (χ1v) is 9.45. The Kier molecular flexibility index (Phi) is 4.59. The third-order valence-corrected chi connectivity index (χ3v) is 8.30. The standard InChI is InChI=1S/C21H17O2P/c1-17(21(22)23)24(18-11-5-2-6-12-18,19-13-7-3-8-14-19)20-15-9-4-10-16-20/h2-16H,1H2/p+1. The number of carbonyl (C=O) groups is 1. The average molecular weight is 333 g/mol. The number of aliphatic carboxylic acids is 1. The molecular formula is C21H18O2P+. The Balaban J connectivity index is 2.42. The van der Waals surface area contributed by atoms with E-state index in [2.05, 4.69) is 6.58 Å². The molecule has 0 saturated heterocycles. The van der Waals surface area contributed by atoms with Gasteiger partial charge in [0, 0.05) is 0 Å². The topological polar surface area (TPSA) is 37.3 Å². The summed E-state index contributed by atoms with van der Waals surface area (Å²) in [6, 6.07) is 29.5. The third kappa shape index (κ3) is 2.66. The highest BCUT2D eigenvalue weighted by atomic mass is 31.2. The summed E-state index contributed by atoms with van der Waals surface area (Å²) in [4.78, 5) is 12.0. The van der Waals surface area contributed by atoms with Gasteiger partial charge in [0.1, 0.15) is 15.9 Å². The van der Waals surface area contributed by atoms with Crippen LogP contribution >= 0.6 is 7.26 Å². The summed E-state index contributed by atoms with van der Waals surface area (Å²) in [6.45, 7) is 4.01. The van der Waals surface area contributed by atoms with Crippen LogP contribution in [0.5, 0.6) is 0 Å². The molecular weight excluding hydrogens is 315 g/mol. The Bertz CT molecular complexity index is 746.